The topological polar surface area (TPSA) is 68.1 Å². The first-order chi connectivity index (χ1) is 11.4. The number of fused-ring (bicyclic) bond motifs is 2. The minimum absolute atomic E-state index is 0.0863. The van der Waals surface area contributed by atoms with Crippen LogP contribution >= 0.6 is 0 Å². The highest BCUT2D eigenvalue weighted by atomic mass is 32.2. The van der Waals surface area contributed by atoms with Gasteiger partial charge in [-0.05, 0) is 37.1 Å². The Kier molecular flexibility index (Phi) is 3.14. The van der Waals surface area contributed by atoms with E-state index < -0.39 is 15.8 Å². The van der Waals surface area contributed by atoms with Crippen molar-refractivity contribution in [1.82, 2.24) is 14.8 Å². The molecule has 4 rings (SSSR count). The van der Waals surface area contributed by atoms with Crippen molar-refractivity contribution in [1.29, 1.82) is 0 Å². The van der Waals surface area contributed by atoms with E-state index in [1.807, 2.05) is 0 Å². The predicted molar refractivity (Wildman–Crippen MR) is 87.9 cm³/mol. The number of rotatable bonds is 2. The Morgan fingerprint density at radius 2 is 2.04 bits per heavy atom. The molecule has 0 radical (unpaired) electrons. The summed E-state index contributed by atoms with van der Waals surface area (Å²) in [5, 5.41) is 4.95. The van der Waals surface area contributed by atoms with E-state index in [-0.39, 0.29) is 4.90 Å². The molecule has 1 aliphatic heterocycles. The van der Waals surface area contributed by atoms with Crippen LogP contribution in [-0.2, 0) is 23.5 Å². The Bertz CT molecular complexity index is 1080. The Morgan fingerprint density at radius 1 is 1.25 bits per heavy atom. The van der Waals surface area contributed by atoms with Crippen LogP contribution in [0.5, 0.6) is 0 Å². The summed E-state index contributed by atoms with van der Waals surface area (Å²) in [6.45, 7) is 2.10. The van der Waals surface area contributed by atoms with E-state index in [9.17, 15) is 12.8 Å². The van der Waals surface area contributed by atoms with Crippen LogP contribution in [0.25, 0.3) is 11.0 Å². The average molecular weight is 346 g/mol. The SMILES string of the molecule is Cc1nn(C)c2ncc(S(=O)(=O)N3CCc4ccc(F)cc43)cc12. The van der Waals surface area contributed by atoms with Crippen LogP contribution < -0.4 is 4.31 Å². The Labute approximate surface area is 138 Å². The molecule has 0 fully saturated rings. The number of aryl methyl sites for hydroxylation is 2. The molecule has 6 nitrogen and oxygen atoms in total. The Morgan fingerprint density at radius 3 is 2.83 bits per heavy atom. The number of pyridine rings is 1. The molecular weight excluding hydrogens is 331 g/mol. The van der Waals surface area contributed by atoms with Crippen LogP contribution in [-0.4, -0.2) is 29.7 Å². The maximum Gasteiger partial charge on any atom is 0.265 e. The molecule has 0 saturated heterocycles. The van der Waals surface area contributed by atoms with Crippen molar-refractivity contribution in [2.24, 2.45) is 7.05 Å². The second-order valence-corrected chi connectivity index (χ2v) is 7.71. The first-order valence-electron chi connectivity index (χ1n) is 7.48. The van der Waals surface area contributed by atoms with Gasteiger partial charge < -0.3 is 0 Å². The number of aromatic nitrogens is 3. The first kappa shape index (κ1) is 15.1. The van der Waals surface area contributed by atoms with Crippen LogP contribution in [0.15, 0.2) is 35.4 Å². The van der Waals surface area contributed by atoms with Crippen LogP contribution in [0, 0.1) is 12.7 Å². The minimum Gasteiger partial charge on any atom is -0.266 e. The molecule has 3 aromatic rings. The van der Waals surface area contributed by atoms with E-state index in [0.29, 0.717) is 35.4 Å². The van der Waals surface area contributed by atoms with Gasteiger partial charge in [0.2, 0.25) is 0 Å². The van der Waals surface area contributed by atoms with Gasteiger partial charge in [0.1, 0.15) is 10.7 Å². The highest BCUT2D eigenvalue weighted by Gasteiger charge is 2.31. The highest BCUT2D eigenvalue weighted by Crippen LogP contribution is 2.34. The van der Waals surface area contributed by atoms with Gasteiger partial charge in [0.05, 0.1) is 11.4 Å². The molecule has 0 spiro atoms. The monoisotopic (exact) mass is 346 g/mol. The number of hydrogen-bond acceptors (Lipinski definition) is 4. The summed E-state index contributed by atoms with van der Waals surface area (Å²) in [6, 6.07) is 5.83. The van der Waals surface area contributed by atoms with Crippen molar-refractivity contribution < 1.29 is 12.8 Å². The molecule has 0 aliphatic carbocycles. The number of hydrogen-bond donors (Lipinski definition) is 0. The molecule has 1 aromatic carbocycles. The molecule has 2 aromatic heterocycles. The number of anilines is 1. The summed E-state index contributed by atoms with van der Waals surface area (Å²) >= 11 is 0. The molecule has 1 aliphatic rings. The van der Waals surface area contributed by atoms with Crippen LogP contribution in [0.1, 0.15) is 11.3 Å². The van der Waals surface area contributed by atoms with Gasteiger partial charge in [0, 0.05) is 25.2 Å². The van der Waals surface area contributed by atoms with Gasteiger partial charge >= 0.3 is 0 Å². The van der Waals surface area contributed by atoms with Crippen molar-refractivity contribution in [2.75, 3.05) is 10.8 Å². The average Bonchev–Trinajstić information content (AvgIpc) is 3.09. The van der Waals surface area contributed by atoms with Gasteiger partial charge in [-0.1, -0.05) is 6.07 Å². The smallest absolute Gasteiger partial charge is 0.265 e. The maximum atomic E-state index is 13.5. The van der Waals surface area contributed by atoms with Gasteiger partial charge in [-0.2, -0.15) is 5.10 Å². The normalized spacial score (nSPS) is 14.4. The van der Waals surface area contributed by atoms with Gasteiger partial charge in [0.25, 0.3) is 10.0 Å². The minimum atomic E-state index is -3.80. The summed E-state index contributed by atoms with van der Waals surface area (Å²) in [7, 11) is -2.04. The maximum absolute atomic E-state index is 13.5. The summed E-state index contributed by atoms with van der Waals surface area (Å²) in [5.41, 5.74) is 2.56. The third-order valence-corrected chi connectivity index (χ3v) is 6.10. The van der Waals surface area contributed by atoms with E-state index >= 15 is 0 Å². The lowest BCUT2D eigenvalue weighted by Crippen LogP contribution is -2.29. The Hall–Kier alpha value is -2.48. The zero-order valence-corrected chi connectivity index (χ0v) is 14.0. The lowest BCUT2D eigenvalue weighted by molar-refractivity contribution is 0.592. The molecule has 0 amide bonds. The van der Waals surface area contributed by atoms with Gasteiger partial charge in [-0.3, -0.25) is 8.99 Å². The largest absolute Gasteiger partial charge is 0.266 e. The summed E-state index contributed by atoms with van der Waals surface area (Å²) < 4.78 is 42.4. The fourth-order valence-electron chi connectivity index (χ4n) is 3.13. The van der Waals surface area contributed by atoms with E-state index in [1.165, 1.54) is 22.6 Å². The molecule has 8 heteroatoms. The molecule has 0 saturated carbocycles. The van der Waals surface area contributed by atoms with Gasteiger partial charge in [-0.25, -0.2) is 17.8 Å². The quantitative estimate of drug-likeness (QED) is 0.713. The summed E-state index contributed by atoms with van der Waals surface area (Å²) in [6.07, 6.45) is 1.90. The number of benzene rings is 1. The van der Waals surface area contributed by atoms with Crippen molar-refractivity contribution in [3.8, 4) is 0 Å². The summed E-state index contributed by atoms with van der Waals surface area (Å²) in [5.74, 6) is -0.451. The lowest BCUT2D eigenvalue weighted by Gasteiger charge is -2.19. The highest BCUT2D eigenvalue weighted by molar-refractivity contribution is 7.92. The molecule has 0 unspecified atom stereocenters. The second kappa shape index (κ2) is 5.01. The lowest BCUT2D eigenvalue weighted by atomic mass is 10.2. The van der Waals surface area contributed by atoms with Crippen molar-refractivity contribution in [2.45, 2.75) is 18.2 Å². The van der Waals surface area contributed by atoms with Crippen LogP contribution in [0.3, 0.4) is 0 Å². The number of halogens is 1. The van der Waals surface area contributed by atoms with Crippen LogP contribution in [0.4, 0.5) is 10.1 Å². The predicted octanol–water partition coefficient (Wildman–Crippen LogP) is 2.17. The van der Waals surface area contributed by atoms with E-state index in [0.717, 1.165) is 5.56 Å². The van der Waals surface area contributed by atoms with Crippen LogP contribution in [0.2, 0.25) is 0 Å². The Balaban J connectivity index is 1.85. The van der Waals surface area contributed by atoms with Crippen molar-refractivity contribution >= 4 is 26.7 Å². The van der Waals surface area contributed by atoms with E-state index in [4.69, 9.17) is 0 Å². The van der Waals surface area contributed by atoms with Gasteiger partial charge in [-0.15, -0.1) is 0 Å². The number of nitrogens with zero attached hydrogens (tertiary/aromatic N) is 4. The third kappa shape index (κ3) is 2.10. The van der Waals surface area contributed by atoms with E-state index in [2.05, 4.69) is 10.1 Å². The first-order valence-corrected chi connectivity index (χ1v) is 8.92. The molecular formula is C16H15FN4O2S. The molecule has 24 heavy (non-hydrogen) atoms. The fraction of sp³-hybridized carbons (Fsp3) is 0.250. The van der Waals surface area contributed by atoms with Crippen molar-refractivity contribution in [3.05, 3.63) is 47.5 Å². The standard InChI is InChI=1S/C16H15FN4O2S/c1-10-14-8-13(9-18-16(14)20(2)19-10)24(22,23)21-6-5-11-3-4-12(17)7-15(11)21/h3-4,7-9H,5-6H2,1-2H3. The van der Waals surface area contributed by atoms with Crippen molar-refractivity contribution in [3.63, 3.8) is 0 Å². The van der Waals surface area contributed by atoms with Gasteiger partial charge in [0.15, 0.2) is 5.65 Å². The fourth-order valence-corrected chi connectivity index (χ4v) is 4.60. The zero-order valence-electron chi connectivity index (χ0n) is 13.2. The van der Waals surface area contributed by atoms with E-state index in [1.54, 1.807) is 30.8 Å². The zero-order chi connectivity index (χ0) is 17.1. The molecule has 124 valence electrons. The summed E-state index contributed by atoms with van der Waals surface area (Å²) in [4.78, 5) is 4.32. The molecule has 0 atom stereocenters. The number of sulfonamides is 1. The molecule has 0 bridgehead atoms. The second-order valence-electron chi connectivity index (χ2n) is 5.85. The molecule has 3 heterocycles. The molecule has 0 N–H and O–H groups in total. The third-order valence-electron chi connectivity index (χ3n) is 4.33.